The summed E-state index contributed by atoms with van der Waals surface area (Å²) in [6.07, 6.45) is 0. The van der Waals surface area contributed by atoms with E-state index >= 15 is 0 Å². The summed E-state index contributed by atoms with van der Waals surface area (Å²) in [5, 5.41) is 2.51. The Balaban J connectivity index is 1.13. The van der Waals surface area contributed by atoms with Crippen LogP contribution in [0.2, 0.25) is 0 Å². The summed E-state index contributed by atoms with van der Waals surface area (Å²) >= 11 is 0. The zero-order valence-electron chi connectivity index (χ0n) is 33.1. The second kappa shape index (κ2) is 14.9. The maximum Gasteiger partial charge on any atom is 0.0714 e. The first-order chi connectivity index (χ1) is 29.8. The molecule has 60 heavy (non-hydrogen) atoms. The Bertz CT molecular complexity index is 3100. The maximum atomic E-state index is 2.46. The van der Waals surface area contributed by atoms with Crippen LogP contribution in [0.5, 0.6) is 0 Å². The molecule has 0 amide bonds. The summed E-state index contributed by atoms with van der Waals surface area (Å²) < 4.78 is 0. The summed E-state index contributed by atoms with van der Waals surface area (Å²) in [6.45, 7) is 0. The van der Waals surface area contributed by atoms with E-state index in [9.17, 15) is 0 Å². The van der Waals surface area contributed by atoms with Crippen molar-refractivity contribution in [3.05, 3.63) is 271 Å². The average molecular weight is 764 g/mol. The van der Waals surface area contributed by atoms with Gasteiger partial charge in [-0.05, 0) is 108 Å². The van der Waals surface area contributed by atoms with E-state index in [-0.39, 0.29) is 0 Å². The van der Waals surface area contributed by atoms with Crippen molar-refractivity contribution < 1.29 is 0 Å². The Hall–Kier alpha value is -7.74. The van der Waals surface area contributed by atoms with Crippen molar-refractivity contribution in [1.29, 1.82) is 0 Å². The number of para-hydroxylation sites is 1. The molecule has 1 aliphatic carbocycles. The summed E-state index contributed by atoms with van der Waals surface area (Å²) in [5.74, 6) is 0. The molecule has 10 aromatic rings. The van der Waals surface area contributed by atoms with E-state index in [0.717, 1.165) is 22.6 Å². The molecule has 0 aliphatic heterocycles. The maximum absolute atomic E-state index is 2.46. The quantitative estimate of drug-likeness (QED) is 0.149. The third-order valence-electron chi connectivity index (χ3n) is 12.3. The molecule has 0 heterocycles. The van der Waals surface area contributed by atoms with Crippen LogP contribution in [0.1, 0.15) is 22.3 Å². The van der Waals surface area contributed by atoms with Gasteiger partial charge in [-0.2, -0.15) is 0 Å². The van der Waals surface area contributed by atoms with Crippen LogP contribution in [-0.4, -0.2) is 0 Å². The van der Waals surface area contributed by atoms with Gasteiger partial charge in [0.25, 0.3) is 0 Å². The van der Waals surface area contributed by atoms with Gasteiger partial charge in [0.05, 0.1) is 11.1 Å². The average Bonchev–Trinajstić information content (AvgIpc) is 3.63. The molecule has 0 unspecified atom stereocenters. The zero-order valence-corrected chi connectivity index (χ0v) is 33.1. The number of benzene rings is 10. The molecule has 0 fully saturated rings. The second-order valence-electron chi connectivity index (χ2n) is 15.6. The topological polar surface area (TPSA) is 3.24 Å². The number of hydrogen-bond acceptors (Lipinski definition) is 1. The second-order valence-corrected chi connectivity index (χ2v) is 15.6. The fraction of sp³-hybridized carbons (Fsp3) is 0.0169. The smallest absolute Gasteiger partial charge is 0.0714 e. The Kier molecular flexibility index (Phi) is 8.79. The lowest BCUT2D eigenvalue weighted by Gasteiger charge is -2.35. The van der Waals surface area contributed by atoms with Gasteiger partial charge in [-0.1, -0.05) is 212 Å². The molecular weight excluding hydrogens is 723 g/mol. The van der Waals surface area contributed by atoms with E-state index in [0.29, 0.717) is 0 Å². The first-order valence-electron chi connectivity index (χ1n) is 20.8. The number of rotatable bonds is 8. The van der Waals surface area contributed by atoms with Crippen LogP contribution in [0, 0.1) is 0 Å². The molecule has 0 atom stereocenters. The Morgan fingerprint density at radius 2 is 0.800 bits per heavy atom. The van der Waals surface area contributed by atoms with E-state index in [1.807, 2.05) is 0 Å². The van der Waals surface area contributed by atoms with Crippen molar-refractivity contribution in [2.24, 2.45) is 0 Å². The van der Waals surface area contributed by atoms with Gasteiger partial charge in [0.1, 0.15) is 0 Å². The Morgan fingerprint density at radius 1 is 0.283 bits per heavy atom. The van der Waals surface area contributed by atoms with Gasteiger partial charge in [-0.25, -0.2) is 0 Å². The largest absolute Gasteiger partial charge is 0.310 e. The minimum atomic E-state index is -0.515. The van der Waals surface area contributed by atoms with E-state index in [1.54, 1.807) is 0 Å². The van der Waals surface area contributed by atoms with Gasteiger partial charge in [-0.3, -0.25) is 0 Å². The van der Waals surface area contributed by atoms with Crippen LogP contribution in [0.4, 0.5) is 17.1 Å². The standard InChI is InChI=1S/C59H41N/c1-4-19-43(20-5-1)53-32-13-15-36-58(53)60(49-30-17-24-45(40-49)44-23-16-25-46(39-44)52-34-18-22-42-21-10-11-31-51(42)52)50-37-38-55-54-33-12-14-35-56(54)59(57(55)41-50,47-26-6-2-7-27-47)48-28-8-3-9-29-48/h1-41H. The van der Waals surface area contributed by atoms with Gasteiger partial charge < -0.3 is 4.90 Å². The molecule has 0 radical (unpaired) electrons. The normalized spacial score (nSPS) is 12.5. The summed E-state index contributed by atoms with van der Waals surface area (Å²) in [4.78, 5) is 2.46. The summed E-state index contributed by atoms with van der Waals surface area (Å²) in [6, 6.07) is 91.1. The Labute approximate surface area is 352 Å². The third-order valence-corrected chi connectivity index (χ3v) is 12.3. The molecule has 0 bridgehead atoms. The van der Waals surface area contributed by atoms with Gasteiger partial charge in [-0.15, -0.1) is 0 Å². The van der Waals surface area contributed by atoms with Crippen molar-refractivity contribution in [2.75, 3.05) is 4.90 Å². The molecule has 11 rings (SSSR count). The predicted octanol–water partition coefficient (Wildman–Crippen LogP) is 15.7. The van der Waals surface area contributed by atoms with Crippen molar-refractivity contribution in [1.82, 2.24) is 0 Å². The highest BCUT2D eigenvalue weighted by atomic mass is 15.1. The molecule has 10 aromatic carbocycles. The molecule has 1 aliphatic rings. The van der Waals surface area contributed by atoms with Crippen LogP contribution < -0.4 is 4.90 Å². The SMILES string of the molecule is c1ccc(-c2ccccc2N(c2cccc(-c3cccc(-c4cccc5ccccc45)c3)c2)c2ccc3c(c2)C(c2ccccc2)(c2ccccc2)c2ccccc2-3)cc1. The minimum absolute atomic E-state index is 0.515. The summed E-state index contributed by atoms with van der Waals surface area (Å²) in [5.41, 5.74) is 17.5. The van der Waals surface area contributed by atoms with Crippen LogP contribution in [-0.2, 0) is 5.41 Å². The monoisotopic (exact) mass is 763 g/mol. The number of fused-ring (bicyclic) bond motifs is 4. The molecule has 0 saturated carbocycles. The van der Waals surface area contributed by atoms with Crippen molar-refractivity contribution >= 4 is 27.8 Å². The van der Waals surface area contributed by atoms with Crippen molar-refractivity contribution in [2.45, 2.75) is 5.41 Å². The van der Waals surface area contributed by atoms with Gasteiger partial charge in [0.2, 0.25) is 0 Å². The van der Waals surface area contributed by atoms with Gasteiger partial charge in [0, 0.05) is 16.9 Å². The fourth-order valence-corrected chi connectivity index (χ4v) is 9.70. The molecule has 1 nitrogen and oxygen atoms in total. The molecule has 1 heteroatoms. The lowest BCUT2D eigenvalue weighted by atomic mass is 9.67. The molecule has 0 aromatic heterocycles. The van der Waals surface area contributed by atoms with Crippen molar-refractivity contribution in [3.63, 3.8) is 0 Å². The van der Waals surface area contributed by atoms with E-state index in [4.69, 9.17) is 0 Å². The highest BCUT2D eigenvalue weighted by Crippen LogP contribution is 2.57. The molecular formula is C59H41N. The number of nitrogens with zero attached hydrogens (tertiary/aromatic N) is 1. The lowest BCUT2D eigenvalue weighted by Crippen LogP contribution is -2.28. The molecule has 0 saturated heterocycles. The highest BCUT2D eigenvalue weighted by Gasteiger charge is 2.46. The van der Waals surface area contributed by atoms with E-state index in [2.05, 4.69) is 254 Å². The zero-order chi connectivity index (χ0) is 39.9. The summed E-state index contributed by atoms with van der Waals surface area (Å²) in [7, 11) is 0. The molecule has 0 spiro atoms. The number of hydrogen-bond donors (Lipinski definition) is 0. The highest BCUT2D eigenvalue weighted by molar-refractivity contribution is 5.98. The van der Waals surface area contributed by atoms with Crippen LogP contribution >= 0.6 is 0 Å². The predicted molar refractivity (Wildman–Crippen MR) is 252 cm³/mol. The van der Waals surface area contributed by atoms with E-state index < -0.39 is 5.41 Å². The van der Waals surface area contributed by atoms with E-state index in [1.165, 1.54) is 72.0 Å². The van der Waals surface area contributed by atoms with Crippen LogP contribution in [0.15, 0.2) is 249 Å². The van der Waals surface area contributed by atoms with Crippen LogP contribution in [0.25, 0.3) is 55.3 Å². The first-order valence-corrected chi connectivity index (χ1v) is 20.8. The van der Waals surface area contributed by atoms with Gasteiger partial charge >= 0.3 is 0 Å². The Morgan fingerprint density at radius 3 is 1.58 bits per heavy atom. The molecule has 0 N–H and O–H groups in total. The fourth-order valence-electron chi connectivity index (χ4n) is 9.70. The van der Waals surface area contributed by atoms with Gasteiger partial charge in [0.15, 0.2) is 0 Å². The third kappa shape index (κ3) is 5.86. The minimum Gasteiger partial charge on any atom is -0.310 e. The number of anilines is 3. The van der Waals surface area contributed by atoms with Crippen molar-refractivity contribution in [3.8, 4) is 44.5 Å². The lowest BCUT2D eigenvalue weighted by molar-refractivity contribution is 0.768. The molecule has 282 valence electrons. The van der Waals surface area contributed by atoms with Crippen LogP contribution in [0.3, 0.4) is 0 Å². The first kappa shape index (κ1) is 35.4.